The zero-order valence-corrected chi connectivity index (χ0v) is 8.39. The minimum absolute atomic E-state index is 0.815. The van der Waals surface area contributed by atoms with Gasteiger partial charge in [0.1, 0.15) is 10.5 Å². The molecule has 0 aliphatic heterocycles. The van der Waals surface area contributed by atoms with Crippen LogP contribution in [-0.2, 0) is 4.43 Å². The Hall–Kier alpha value is -0.0831. The highest BCUT2D eigenvalue weighted by molar-refractivity contribution is 5.98. The second-order valence-corrected chi connectivity index (χ2v) is 2.65. The van der Waals surface area contributed by atoms with Crippen molar-refractivity contribution in [3.8, 4) is 0 Å². The van der Waals surface area contributed by atoms with E-state index in [1.807, 2.05) is 0 Å². The van der Waals surface area contributed by atoms with Gasteiger partial charge in [0, 0.05) is 0 Å². The number of hydrogen-bond donors (Lipinski definition) is 0. The smallest absolute Gasteiger partial charge is 0.146 e. The maximum Gasteiger partial charge on any atom is 0.146 e. The van der Waals surface area contributed by atoms with Crippen LogP contribution in [0.5, 0.6) is 0 Å². The first kappa shape index (κ1) is 8.92. The standard InChI is InChI=1S/C7H16OSi/c1-2-3-4-5-6-7-8-9/h5-6H,2-4,7H2,1,9H3. The van der Waals surface area contributed by atoms with Crippen LogP contribution in [0.3, 0.4) is 0 Å². The van der Waals surface area contributed by atoms with Crippen LogP contribution in [0.2, 0.25) is 0 Å². The molecule has 0 spiro atoms. The Labute approximate surface area is 60.6 Å². The highest BCUT2D eigenvalue weighted by atomic mass is 28.2. The van der Waals surface area contributed by atoms with Gasteiger partial charge in [0.05, 0.1) is 6.61 Å². The molecule has 54 valence electrons. The Bertz CT molecular complexity index is 71.3. The summed E-state index contributed by atoms with van der Waals surface area (Å²) in [6.45, 7) is 3.02. The third kappa shape index (κ3) is 7.92. The summed E-state index contributed by atoms with van der Waals surface area (Å²) in [5.74, 6) is 0. The molecule has 0 saturated carbocycles. The second kappa shape index (κ2) is 7.92. The molecule has 1 nitrogen and oxygen atoms in total. The molecule has 0 aliphatic carbocycles. The lowest BCUT2D eigenvalue weighted by molar-refractivity contribution is 0.401. The quantitative estimate of drug-likeness (QED) is 0.318. The Morgan fingerprint density at radius 2 is 2.22 bits per heavy atom. The lowest BCUT2D eigenvalue weighted by Gasteiger charge is -1.89. The van der Waals surface area contributed by atoms with E-state index in [9.17, 15) is 0 Å². The zero-order valence-electron chi connectivity index (χ0n) is 6.39. The molecule has 0 unspecified atom stereocenters. The average Bonchev–Trinajstić information content (AvgIpc) is 1.89. The van der Waals surface area contributed by atoms with Crippen LogP contribution >= 0.6 is 0 Å². The van der Waals surface area contributed by atoms with E-state index in [-0.39, 0.29) is 0 Å². The molecule has 0 aromatic carbocycles. The molecule has 2 heteroatoms. The van der Waals surface area contributed by atoms with Crippen LogP contribution in [0.25, 0.3) is 0 Å². The van der Waals surface area contributed by atoms with E-state index in [1.54, 1.807) is 0 Å². The molecule has 0 atom stereocenters. The van der Waals surface area contributed by atoms with Crippen LogP contribution in [0, 0.1) is 0 Å². The van der Waals surface area contributed by atoms with Gasteiger partial charge in [0.2, 0.25) is 0 Å². The molecule has 0 aromatic heterocycles. The van der Waals surface area contributed by atoms with Crippen molar-refractivity contribution in [1.82, 2.24) is 0 Å². The van der Waals surface area contributed by atoms with Crippen LogP contribution < -0.4 is 0 Å². The molecular formula is C7H16OSi. The molecule has 0 aromatic rings. The molecular weight excluding hydrogens is 128 g/mol. The Balaban J connectivity index is 2.86. The first-order valence-electron chi connectivity index (χ1n) is 3.55. The maximum absolute atomic E-state index is 4.97. The van der Waals surface area contributed by atoms with E-state index < -0.39 is 0 Å². The summed E-state index contributed by atoms with van der Waals surface area (Å²) in [5.41, 5.74) is 0. The van der Waals surface area contributed by atoms with Gasteiger partial charge < -0.3 is 4.43 Å². The van der Waals surface area contributed by atoms with Crippen molar-refractivity contribution in [2.45, 2.75) is 26.2 Å². The molecule has 0 amide bonds. The van der Waals surface area contributed by atoms with Gasteiger partial charge in [-0.25, -0.2) is 0 Å². The predicted octanol–water partition coefficient (Wildman–Crippen LogP) is 1.03. The van der Waals surface area contributed by atoms with Crippen molar-refractivity contribution in [3.05, 3.63) is 12.2 Å². The fourth-order valence-corrected chi connectivity index (χ4v) is 0.797. The Morgan fingerprint density at radius 1 is 1.44 bits per heavy atom. The van der Waals surface area contributed by atoms with Crippen molar-refractivity contribution in [2.24, 2.45) is 0 Å². The first-order valence-corrected chi connectivity index (χ1v) is 4.37. The van der Waals surface area contributed by atoms with Gasteiger partial charge >= 0.3 is 0 Å². The van der Waals surface area contributed by atoms with Crippen molar-refractivity contribution < 1.29 is 4.43 Å². The number of unbranched alkanes of at least 4 members (excludes halogenated alkanes) is 2. The van der Waals surface area contributed by atoms with Gasteiger partial charge in [-0.05, 0) is 6.42 Å². The van der Waals surface area contributed by atoms with Gasteiger partial charge in [0.15, 0.2) is 0 Å². The summed E-state index contributed by atoms with van der Waals surface area (Å²) in [5, 5.41) is 0. The summed E-state index contributed by atoms with van der Waals surface area (Å²) in [6, 6.07) is 0. The minimum Gasteiger partial charge on any atom is -0.424 e. The predicted molar refractivity (Wildman–Crippen MR) is 44.6 cm³/mol. The van der Waals surface area contributed by atoms with E-state index in [1.165, 1.54) is 19.3 Å². The average molecular weight is 144 g/mol. The molecule has 0 N–H and O–H groups in total. The number of hydrogen-bond acceptors (Lipinski definition) is 1. The zero-order chi connectivity index (χ0) is 6.95. The lowest BCUT2D eigenvalue weighted by Crippen LogP contribution is -1.81. The van der Waals surface area contributed by atoms with Crippen LogP contribution in [0.1, 0.15) is 26.2 Å². The minimum atomic E-state index is 0.815. The molecule has 0 rings (SSSR count). The molecule has 0 aliphatic rings. The van der Waals surface area contributed by atoms with Gasteiger partial charge in [-0.15, -0.1) is 0 Å². The van der Waals surface area contributed by atoms with E-state index in [2.05, 4.69) is 19.1 Å². The van der Waals surface area contributed by atoms with Crippen LogP contribution in [-0.4, -0.2) is 17.1 Å². The third-order valence-electron chi connectivity index (χ3n) is 1.15. The van der Waals surface area contributed by atoms with Crippen molar-refractivity contribution in [2.75, 3.05) is 6.61 Å². The Kier molecular flexibility index (Phi) is 7.84. The van der Waals surface area contributed by atoms with E-state index in [0.29, 0.717) is 0 Å². The van der Waals surface area contributed by atoms with Crippen molar-refractivity contribution in [1.29, 1.82) is 0 Å². The number of allylic oxidation sites excluding steroid dienone is 1. The molecule has 0 bridgehead atoms. The topological polar surface area (TPSA) is 9.23 Å². The third-order valence-corrected chi connectivity index (χ3v) is 1.49. The molecule has 0 fully saturated rings. The largest absolute Gasteiger partial charge is 0.424 e. The van der Waals surface area contributed by atoms with Crippen LogP contribution in [0.4, 0.5) is 0 Å². The summed E-state index contributed by atoms with van der Waals surface area (Å²) in [7, 11) is 0.857. The summed E-state index contributed by atoms with van der Waals surface area (Å²) >= 11 is 0. The lowest BCUT2D eigenvalue weighted by atomic mass is 10.2. The van der Waals surface area contributed by atoms with Gasteiger partial charge in [-0.1, -0.05) is 31.9 Å². The monoisotopic (exact) mass is 144 g/mol. The van der Waals surface area contributed by atoms with Crippen LogP contribution in [0.15, 0.2) is 12.2 Å². The fourth-order valence-electron chi connectivity index (χ4n) is 0.604. The summed E-state index contributed by atoms with van der Waals surface area (Å²) in [4.78, 5) is 0. The Morgan fingerprint density at radius 3 is 2.78 bits per heavy atom. The van der Waals surface area contributed by atoms with Crippen molar-refractivity contribution in [3.63, 3.8) is 0 Å². The van der Waals surface area contributed by atoms with E-state index in [4.69, 9.17) is 4.43 Å². The van der Waals surface area contributed by atoms with Gasteiger partial charge in [-0.2, -0.15) is 0 Å². The van der Waals surface area contributed by atoms with Gasteiger partial charge in [0.25, 0.3) is 0 Å². The first-order chi connectivity index (χ1) is 4.41. The second-order valence-electron chi connectivity index (χ2n) is 2.07. The molecule has 0 radical (unpaired) electrons. The summed E-state index contributed by atoms with van der Waals surface area (Å²) in [6.07, 6.45) is 8.09. The normalized spacial score (nSPS) is 11.2. The van der Waals surface area contributed by atoms with E-state index >= 15 is 0 Å². The summed E-state index contributed by atoms with van der Waals surface area (Å²) < 4.78 is 4.97. The maximum atomic E-state index is 4.97. The highest BCUT2D eigenvalue weighted by Crippen LogP contribution is 1.93. The molecule has 0 heterocycles. The van der Waals surface area contributed by atoms with Gasteiger partial charge in [-0.3, -0.25) is 0 Å². The van der Waals surface area contributed by atoms with Crippen molar-refractivity contribution >= 4 is 10.5 Å². The molecule has 9 heavy (non-hydrogen) atoms. The molecule has 0 saturated heterocycles. The van der Waals surface area contributed by atoms with E-state index in [0.717, 1.165) is 17.1 Å². The number of rotatable bonds is 5. The highest BCUT2D eigenvalue weighted by Gasteiger charge is 1.76. The fraction of sp³-hybridized carbons (Fsp3) is 0.714. The SMILES string of the molecule is CCCCC=CCO[SiH3].